The molecule has 1 fully saturated rings. The van der Waals surface area contributed by atoms with Crippen molar-refractivity contribution < 1.29 is 4.79 Å². The Morgan fingerprint density at radius 1 is 1.11 bits per heavy atom. The molecule has 1 aliphatic rings. The normalized spacial score (nSPS) is 15.3. The van der Waals surface area contributed by atoms with Crippen molar-refractivity contribution in [3.05, 3.63) is 73.2 Å². The smallest absolute Gasteiger partial charge is 0.248 e. The quantitative estimate of drug-likeness (QED) is 0.251. The minimum Gasteiger partial charge on any atom is -0.366 e. The molecule has 1 unspecified atom stereocenters. The molecule has 10 heteroatoms. The van der Waals surface area contributed by atoms with Crippen LogP contribution >= 0.6 is 0 Å². The fourth-order valence-corrected chi connectivity index (χ4v) is 4.20. The number of hydrogen-bond donors (Lipinski definition) is 4. The fraction of sp³-hybridized carbons (Fsp3) is 0.250. The average Bonchev–Trinajstić information content (AvgIpc) is 3.42. The van der Waals surface area contributed by atoms with Crippen LogP contribution in [-0.4, -0.2) is 70.5 Å². The lowest BCUT2D eigenvalue weighted by atomic mass is 10.1. The molecule has 4 aromatic rings. The van der Waals surface area contributed by atoms with Gasteiger partial charge >= 0.3 is 0 Å². The number of anilines is 4. The molecule has 0 radical (unpaired) electrons. The summed E-state index contributed by atoms with van der Waals surface area (Å²) < 4.78 is 0. The Labute approximate surface area is 221 Å². The molecular weight excluding hydrogens is 478 g/mol. The maximum atomic E-state index is 12.3. The van der Waals surface area contributed by atoms with E-state index in [2.05, 4.69) is 36.2 Å². The number of amides is 1. The Bertz CT molecular complexity index is 1430. The SMILES string of the molecule is CN(C)CC=CC(=O)Nc1cccc(-c2nccc3cnc(Nc4ccc(NC5CCNC5)nc4)nc23)c1. The molecular formula is C28H31N9O. The van der Waals surface area contributed by atoms with Gasteiger partial charge in [0.15, 0.2) is 0 Å². The molecule has 0 spiro atoms. The van der Waals surface area contributed by atoms with Crippen molar-refractivity contribution in [1.29, 1.82) is 0 Å². The molecule has 1 saturated heterocycles. The number of benzene rings is 1. The Morgan fingerprint density at radius 2 is 2.03 bits per heavy atom. The van der Waals surface area contributed by atoms with E-state index < -0.39 is 0 Å². The van der Waals surface area contributed by atoms with Crippen LogP contribution in [0, 0.1) is 0 Å². The minimum atomic E-state index is -0.182. The number of pyridine rings is 2. The summed E-state index contributed by atoms with van der Waals surface area (Å²) in [5, 5.41) is 13.8. The van der Waals surface area contributed by atoms with E-state index in [-0.39, 0.29) is 5.91 Å². The number of likely N-dealkylation sites (N-methyl/N-ethyl adjacent to an activating group) is 1. The standard InChI is InChI=1S/C28H31N9O/c1-37(2)14-4-7-25(38)34-21-6-3-5-19(15-21)26-27-20(10-13-30-26)16-32-28(36-27)35-22-8-9-24(31-18-22)33-23-11-12-29-17-23/h3-10,13,15-16,18,23,29H,11-12,14,17H2,1-2H3,(H,31,33)(H,34,38)(H,32,35,36). The average molecular weight is 510 g/mol. The topological polar surface area (TPSA) is 120 Å². The van der Waals surface area contributed by atoms with Gasteiger partial charge in [0.25, 0.3) is 0 Å². The zero-order valence-electron chi connectivity index (χ0n) is 21.5. The van der Waals surface area contributed by atoms with Gasteiger partial charge in [0.2, 0.25) is 11.9 Å². The van der Waals surface area contributed by atoms with Gasteiger partial charge in [0, 0.05) is 54.2 Å². The summed E-state index contributed by atoms with van der Waals surface area (Å²) in [6.07, 6.45) is 9.72. The van der Waals surface area contributed by atoms with Crippen LogP contribution in [0.3, 0.4) is 0 Å². The van der Waals surface area contributed by atoms with E-state index >= 15 is 0 Å². The molecule has 0 saturated carbocycles. The minimum absolute atomic E-state index is 0.182. The van der Waals surface area contributed by atoms with Gasteiger partial charge in [-0.15, -0.1) is 0 Å². The van der Waals surface area contributed by atoms with Crippen LogP contribution in [0.4, 0.5) is 23.1 Å². The Kier molecular flexibility index (Phi) is 7.81. The molecule has 1 aromatic carbocycles. The van der Waals surface area contributed by atoms with Crippen molar-refractivity contribution in [3.63, 3.8) is 0 Å². The number of nitrogens with one attached hydrogen (secondary N) is 4. The molecule has 194 valence electrons. The van der Waals surface area contributed by atoms with Crippen LogP contribution in [0.2, 0.25) is 0 Å². The van der Waals surface area contributed by atoms with Gasteiger partial charge in [0.1, 0.15) is 11.3 Å². The third kappa shape index (κ3) is 6.47. The summed E-state index contributed by atoms with van der Waals surface area (Å²) in [5.74, 6) is 1.11. The van der Waals surface area contributed by atoms with Crippen molar-refractivity contribution in [3.8, 4) is 11.3 Å². The van der Waals surface area contributed by atoms with Gasteiger partial charge in [-0.25, -0.2) is 15.0 Å². The summed E-state index contributed by atoms with van der Waals surface area (Å²) in [7, 11) is 3.90. The van der Waals surface area contributed by atoms with Gasteiger partial charge in [-0.2, -0.15) is 0 Å². The second-order valence-corrected chi connectivity index (χ2v) is 9.42. The van der Waals surface area contributed by atoms with Gasteiger partial charge in [-0.05, 0) is 57.4 Å². The van der Waals surface area contributed by atoms with Crippen LogP contribution in [0.5, 0.6) is 0 Å². The first-order chi connectivity index (χ1) is 18.5. The molecule has 1 aliphatic heterocycles. The Morgan fingerprint density at radius 3 is 2.82 bits per heavy atom. The van der Waals surface area contributed by atoms with Gasteiger partial charge < -0.3 is 26.2 Å². The lowest BCUT2D eigenvalue weighted by Crippen LogP contribution is -2.22. The number of aromatic nitrogens is 4. The highest BCUT2D eigenvalue weighted by molar-refractivity contribution is 6.00. The number of hydrogen-bond acceptors (Lipinski definition) is 9. The number of nitrogens with zero attached hydrogens (tertiary/aromatic N) is 5. The van der Waals surface area contributed by atoms with Crippen LogP contribution in [0.25, 0.3) is 22.2 Å². The number of fused-ring (bicyclic) bond motifs is 1. The van der Waals surface area contributed by atoms with Gasteiger partial charge in [0.05, 0.1) is 17.6 Å². The second kappa shape index (κ2) is 11.8. The van der Waals surface area contributed by atoms with Crippen molar-refractivity contribution in [2.24, 2.45) is 0 Å². The van der Waals surface area contributed by atoms with E-state index in [9.17, 15) is 4.79 Å². The lowest BCUT2D eigenvalue weighted by Gasteiger charge is -2.12. The first kappa shape index (κ1) is 25.2. The highest BCUT2D eigenvalue weighted by Gasteiger charge is 2.14. The number of rotatable bonds is 9. The van der Waals surface area contributed by atoms with E-state index in [0.717, 1.165) is 42.0 Å². The molecule has 0 aliphatic carbocycles. The van der Waals surface area contributed by atoms with Crippen molar-refractivity contribution >= 4 is 40.0 Å². The molecule has 3 aromatic heterocycles. The summed E-state index contributed by atoms with van der Waals surface area (Å²) in [6.45, 7) is 2.67. The van der Waals surface area contributed by atoms with Gasteiger partial charge in [-0.1, -0.05) is 18.2 Å². The molecule has 4 N–H and O–H groups in total. The zero-order chi connectivity index (χ0) is 26.3. The lowest BCUT2D eigenvalue weighted by molar-refractivity contribution is -0.111. The molecule has 38 heavy (non-hydrogen) atoms. The Hall–Kier alpha value is -4.41. The van der Waals surface area contributed by atoms with E-state index in [1.54, 1.807) is 18.6 Å². The maximum absolute atomic E-state index is 12.3. The summed E-state index contributed by atoms with van der Waals surface area (Å²) in [6, 6.07) is 13.8. The summed E-state index contributed by atoms with van der Waals surface area (Å²) in [5.41, 5.74) is 3.72. The molecule has 10 nitrogen and oxygen atoms in total. The molecule has 4 heterocycles. The fourth-order valence-electron chi connectivity index (χ4n) is 4.20. The van der Waals surface area contributed by atoms with E-state index in [0.29, 0.717) is 35.4 Å². The van der Waals surface area contributed by atoms with Gasteiger partial charge in [-0.3, -0.25) is 9.78 Å². The molecule has 1 atom stereocenters. The second-order valence-electron chi connectivity index (χ2n) is 9.42. The van der Waals surface area contributed by atoms with E-state index in [1.165, 1.54) is 6.08 Å². The number of carbonyl (C=O) groups excluding carboxylic acids is 1. The third-order valence-corrected chi connectivity index (χ3v) is 6.07. The predicted molar refractivity (Wildman–Crippen MR) is 152 cm³/mol. The van der Waals surface area contributed by atoms with Crippen LogP contribution < -0.4 is 21.3 Å². The summed E-state index contributed by atoms with van der Waals surface area (Å²) >= 11 is 0. The van der Waals surface area contributed by atoms with E-state index in [1.807, 2.05) is 67.5 Å². The summed E-state index contributed by atoms with van der Waals surface area (Å²) in [4.78, 5) is 32.6. The third-order valence-electron chi connectivity index (χ3n) is 6.07. The highest BCUT2D eigenvalue weighted by Crippen LogP contribution is 2.28. The molecule has 5 rings (SSSR count). The van der Waals surface area contributed by atoms with E-state index in [4.69, 9.17) is 4.98 Å². The van der Waals surface area contributed by atoms with Crippen LogP contribution in [-0.2, 0) is 4.79 Å². The van der Waals surface area contributed by atoms with Crippen LogP contribution in [0.1, 0.15) is 6.42 Å². The predicted octanol–water partition coefficient (Wildman–Crippen LogP) is 3.66. The maximum Gasteiger partial charge on any atom is 0.248 e. The first-order valence-electron chi connectivity index (χ1n) is 12.6. The van der Waals surface area contributed by atoms with Crippen molar-refractivity contribution in [2.45, 2.75) is 12.5 Å². The largest absolute Gasteiger partial charge is 0.366 e. The van der Waals surface area contributed by atoms with Crippen molar-refractivity contribution in [2.75, 3.05) is 49.7 Å². The molecule has 1 amide bonds. The van der Waals surface area contributed by atoms with Crippen LogP contribution in [0.15, 0.2) is 73.2 Å². The number of carbonyl (C=O) groups is 1. The monoisotopic (exact) mass is 509 g/mol. The first-order valence-corrected chi connectivity index (χ1v) is 12.6. The Balaban J connectivity index is 1.33. The molecule has 0 bridgehead atoms. The highest BCUT2D eigenvalue weighted by atomic mass is 16.1. The van der Waals surface area contributed by atoms with Crippen molar-refractivity contribution in [1.82, 2.24) is 30.2 Å². The zero-order valence-corrected chi connectivity index (χ0v) is 21.5.